The zero-order chi connectivity index (χ0) is 27.0. The number of fused-ring (bicyclic) bond motifs is 1. The smallest absolute Gasteiger partial charge is 0.430 e. The van der Waals surface area contributed by atoms with Crippen molar-refractivity contribution in [3.63, 3.8) is 0 Å². The number of alkyl halides is 6. The second kappa shape index (κ2) is 9.55. The van der Waals surface area contributed by atoms with Crippen molar-refractivity contribution >= 4 is 10.9 Å². The van der Waals surface area contributed by atoms with Crippen LogP contribution in [0.15, 0.2) is 77.6 Å². The lowest BCUT2D eigenvalue weighted by molar-refractivity contribution is -0.376. The summed E-state index contributed by atoms with van der Waals surface area (Å²) in [5.41, 5.74) is -6.01. The molecule has 1 N–H and O–H groups in total. The number of ether oxygens (including phenoxy) is 1. The van der Waals surface area contributed by atoms with Crippen molar-refractivity contribution in [1.29, 1.82) is 0 Å². The second-order valence-corrected chi connectivity index (χ2v) is 8.20. The van der Waals surface area contributed by atoms with Gasteiger partial charge < -0.3 is 9.84 Å². The molecular formula is C26H20F6N2O3. The molecule has 0 aliphatic rings. The van der Waals surface area contributed by atoms with Crippen LogP contribution in [0.4, 0.5) is 26.3 Å². The third-order valence-electron chi connectivity index (χ3n) is 5.79. The molecular weight excluding hydrogens is 502 g/mol. The fraction of sp³-hybridized carbons (Fsp3) is 0.231. The van der Waals surface area contributed by atoms with Gasteiger partial charge in [0.05, 0.1) is 23.2 Å². The highest BCUT2D eigenvalue weighted by atomic mass is 19.4. The molecule has 0 bridgehead atoms. The minimum atomic E-state index is -6.03. The molecule has 0 amide bonds. The Morgan fingerprint density at radius 1 is 0.892 bits per heavy atom. The van der Waals surface area contributed by atoms with E-state index in [1.807, 2.05) is 0 Å². The van der Waals surface area contributed by atoms with E-state index < -0.39 is 29.1 Å². The van der Waals surface area contributed by atoms with Gasteiger partial charge in [-0.2, -0.15) is 26.3 Å². The monoisotopic (exact) mass is 522 g/mol. The van der Waals surface area contributed by atoms with Crippen LogP contribution in [0.1, 0.15) is 23.9 Å². The number of nitrogens with zero attached hydrogens (tertiary/aromatic N) is 2. The molecule has 0 radical (unpaired) electrons. The van der Waals surface area contributed by atoms with Crippen LogP contribution in [0.3, 0.4) is 0 Å². The maximum absolute atomic E-state index is 13.6. The number of hydrogen-bond donors (Lipinski definition) is 1. The molecule has 0 saturated heterocycles. The molecule has 0 saturated carbocycles. The van der Waals surface area contributed by atoms with Crippen LogP contribution in [-0.4, -0.2) is 33.6 Å². The van der Waals surface area contributed by atoms with Gasteiger partial charge >= 0.3 is 12.4 Å². The van der Waals surface area contributed by atoms with E-state index in [-0.39, 0.29) is 23.3 Å². The first kappa shape index (κ1) is 26.2. The Morgan fingerprint density at radius 2 is 1.51 bits per heavy atom. The first-order chi connectivity index (χ1) is 17.4. The van der Waals surface area contributed by atoms with E-state index in [9.17, 15) is 36.2 Å². The summed E-state index contributed by atoms with van der Waals surface area (Å²) in [7, 11) is 0. The molecule has 3 aromatic carbocycles. The first-order valence-electron chi connectivity index (χ1n) is 11.1. The Kier molecular flexibility index (Phi) is 6.76. The largest absolute Gasteiger partial charge is 0.494 e. The summed E-state index contributed by atoms with van der Waals surface area (Å²) in [5, 5.41) is 9.85. The summed E-state index contributed by atoms with van der Waals surface area (Å²) >= 11 is 0. The van der Waals surface area contributed by atoms with Crippen LogP contribution in [0.5, 0.6) is 5.75 Å². The normalized spacial score (nSPS) is 12.6. The van der Waals surface area contributed by atoms with Crippen molar-refractivity contribution in [2.45, 2.75) is 31.3 Å². The van der Waals surface area contributed by atoms with Crippen molar-refractivity contribution < 1.29 is 36.2 Å². The summed E-state index contributed by atoms with van der Waals surface area (Å²) in [6.45, 7) is 2.09. The number of aliphatic hydroxyl groups is 1. The average Bonchev–Trinajstić information content (AvgIpc) is 2.84. The van der Waals surface area contributed by atoms with Crippen LogP contribution in [0.2, 0.25) is 0 Å². The third kappa shape index (κ3) is 4.78. The summed E-state index contributed by atoms with van der Waals surface area (Å²) in [4.78, 5) is 18.1. The summed E-state index contributed by atoms with van der Waals surface area (Å²) in [6, 6.07) is 16.4. The molecule has 37 heavy (non-hydrogen) atoms. The van der Waals surface area contributed by atoms with Crippen LogP contribution < -0.4 is 10.3 Å². The Labute approximate surface area is 206 Å². The van der Waals surface area contributed by atoms with Gasteiger partial charge in [-0.1, -0.05) is 42.5 Å². The van der Waals surface area contributed by atoms with Gasteiger partial charge in [-0.15, -0.1) is 0 Å². The van der Waals surface area contributed by atoms with E-state index in [2.05, 4.69) is 4.98 Å². The van der Waals surface area contributed by atoms with Crippen LogP contribution in [-0.2, 0) is 12.0 Å². The van der Waals surface area contributed by atoms with Crippen molar-refractivity contribution in [3.8, 4) is 11.4 Å². The van der Waals surface area contributed by atoms with Crippen LogP contribution in [0, 0.1) is 0 Å². The van der Waals surface area contributed by atoms with E-state index in [1.165, 1.54) is 6.07 Å². The lowest BCUT2D eigenvalue weighted by atomic mass is 9.92. The van der Waals surface area contributed by atoms with Gasteiger partial charge in [-0.05, 0) is 42.8 Å². The fourth-order valence-corrected chi connectivity index (χ4v) is 3.97. The van der Waals surface area contributed by atoms with E-state index in [1.54, 1.807) is 49.4 Å². The molecule has 4 aromatic rings. The Balaban J connectivity index is 1.91. The summed E-state index contributed by atoms with van der Waals surface area (Å²) in [5.74, 6) is 0.606. The number of aromatic nitrogens is 2. The Bertz CT molecular complexity index is 1450. The summed E-state index contributed by atoms with van der Waals surface area (Å²) < 4.78 is 86.4. The molecule has 0 aliphatic carbocycles. The molecule has 194 valence electrons. The topological polar surface area (TPSA) is 64.3 Å². The van der Waals surface area contributed by atoms with Gasteiger partial charge in [0.15, 0.2) is 0 Å². The van der Waals surface area contributed by atoms with Crippen molar-refractivity contribution in [1.82, 2.24) is 9.55 Å². The molecule has 0 atom stereocenters. The highest BCUT2D eigenvalue weighted by molar-refractivity contribution is 5.79. The predicted octanol–water partition coefficient (Wildman–Crippen LogP) is 5.69. The SMILES string of the molecule is CCOc1ccc2nc(Cc3ccccc3)n(-c3ccc(C(O)(C(F)(F)F)C(F)(F)F)cc3)c(=O)c2c1. The first-order valence-corrected chi connectivity index (χ1v) is 11.1. The van der Waals surface area contributed by atoms with E-state index in [4.69, 9.17) is 4.74 Å². The zero-order valence-corrected chi connectivity index (χ0v) is 19.3. The molecule has 0 fully saturated rings. The minimum absolute atomic E-state index is 0.0254. The van der Waals surface area contributed by atoms with Crippen LogP contribution >= 0.6 is 0 Å². The minimum Gasteiger partial charge on any atom is -0.494 e. The quantitative estimate of drug-likeness (QED) is 0.331. The predicted molar refractivity (Wildman–Crippen MR) is 124 cm³/mol. The molecule has 0 aliphatic heterocycles. The van der Waals surface area contributed by atoms with Gasteiger partial charge in [-0.3, -0.25) is 9.36 Å². The highest BCUT2D eigenvalue weighted by Gasteiger charge is 2.71. The Morgan fingerprint density at radius 3 is 2.08 bits per heavy atom. The summed E-state index contributed by atoms with van der Waals surface area (Å²) in [6.07, 6.45) is -11.9. The molecule has 11 heteroatoms. The molecule has 4 rings (SSSR count). The molecule has 1 aromatic heterocycles. The van der Waals surface area contributed by atoms with Crippen molar-refractivity contribution in [2.75, 3.05) is 6.61 Å². The van der Waals surface area contributed by atoms with E-state index in [0.717, 1.165) is 22.3 Å². The standard InChI is InChI=1S/C26H20F6N2O3/c1-2-37-19-12-13-21-20(15-19)23(35)34(22(33-21)14-16-6-4-3-5-7-16)18-10-8-17(9-11-18)24(36,25(27,28)29)26(30,31)32/h3-13,15,36H,2,14H2,1H3. The lowest BCUT2D eigenvalue weighted by Crippen LogP contribution is -2.53. The van der Waals surface area contributed by atoms with E-state index in [0.29, 0.717) is 30.0 Å². The molecule has 0 unspecified atom stereocenters. The number of halogens is 6. The van der Waals surface area contributed by atoms with Crippen LogP contribution in [0.25, 0.3) is 16.6 Å². The van der Waals surface area contributed by atoms with Gasteiger partial charge in [0.25, 0.3) is 11.2 Å². The second-order valence-electron chi connectivity index (χ2n) is 8.20. The molecule has 0 spiro atoms. The lowest BCUT2D eigenvalue weighted by Gasteiger charge is -2.32. The number of hydrogen-bond acceptors (Lipinski definition) is 4. The molecule has 5 nitrogen and oxygen atoms in total. The zero-order valence-electron chi connectivity index (χ0n) is 19.3. The van der Waals surface area contributed by atoms with Crippen molar-refractivity contribution in [2.24, 2.45) is 0 Å². The number of benzene rings is 3. The van der Waals surface area contributed by atoms with Gasteiger partial charge in [0.2, 0.25) is 0 Å². The maximum Gasteiger partial charge on any atom is 0.430 e. The fourth-order valence-electron chi connectivity index (χ4n) is 3.97. The van der Waals surface area contributed by atoms with Gasteiger partial charge in [0, 0.05) is 12.0 Å². The molecule has 1 heterocycles. The Hall–Kier alpha value is -3.86. The van der Waals surface area contributed by atoms with Crippen molar-refractivity contribution in [3.05, 3.63) is 100 Å². The highest BCUT2D eigenvalue weighted by Crippen LogP contribution is 2.50. The van der Waals surface area contributed by atoms with Gasteiger partial charge in [-0.25, -0.2) is 4.98 Å². The average molecular weight is 522 g/mol. The third-order valence-corrected chi connectivity index (χ3v) is 5.79. The van der Waals surface area contributed by atoms with E-state index >= 15 is 0 Å². The number of rotatable bonds is 6. The van der Waals surface area contributed by atoms with Gasteiger partial charge in [0.1, 0.15) is 11.6 Å². The maximum atomic E-state index is 13.6.